The molecule has 0 aliphatic heterocycles. The largest absolute Gasteiger partial charge is 0.277 e. The summed E-state index contributed by atoms with van der Waals surface area (Å²) in [5.74, 6) is 3.47. The van der Waals surface area contributed by atoms with Crippen LogP contribution in [0.15, 0.2) is 152 Å². The predicted octanol–water partition coefficient (Wildman–Crippen LogP) is 9.19. The van der Waals surface area contributed by atoms with Gasteiger partial charge in [0.1, 0.15) is 23.3 Å². The molecule has 0 saturated heterocycles. The number of hydrogen-bond acceptors (Lipinski definition) is 4. The van der Waals surface area contributed by atoms with Crippen molar-refractivity contribution in [1.82, 2.24) is 33.6 Å². The lowest BCUT2D eigenvalue weighted by molar-refractivity contribution is 0.901. The molecule has 4 heterocycles. The molecule has 6 aromatic carbocycles. The molecule has 0 aliphatic rings. The number of imidazole rings is 2. The molecular formula is C42H25N7. The van der Waals surface area contributed by atoms with Crippen LogP contribution in [0.1, 0.15) is 0 Å². The molecule has 49 heavy (non-hydrogen) atoms. The van der Waals surface area contributed by atoms with Gasteiger partial charge in [0, 0.05) is 22.6 Å². The first-order valence-corrected chi connectivity index (χ1v) is 16.1. The van der Waals surface area contributed by atoms with Crippen molar-refractivity contribution < 1.29 is 0 Å². The predicted molar refractivity (Wildman–Crippen MR) is 194 cm³/mol. The first-order chi connectivity index (χ1) is 24.3. The molecule has 7 nitrogen and oxygen atoms in total. The lowest BCUT2D eigenvalue weighted by Crippen LogP contribution is -2.11. The van der Waals surface area contributed by atoms with Crippen molar-refractivity contribution >= 4 is 43.9 Å². The third-order valence-electron chi connectivity index (χ3n) is 8.96. The van der Waals surface area contributed by atoms with Crippen LogP contribution in [0.2, 0.25) is 0 Å². The molecule has 0 bridgehead atoms. The van der Waals surface area contributed by atoms with Crippen LogP contribution in [-0.2, 0) is 0 Å². The molecule has 4 aromatic heterocycles. The van der Waals surface area contributed by atoms with Crippen molar-refractivity contribution in [2.24, 2.45) is 0 Å². The van der Waals surface area contributed by atoms with Gasteiger partial charge < -0.3 is 0 Å². The average molecular weight is 628 g/mol. The number of aromatic nitrogens is 7. The van der Waals surface area contributed by atoms with Crippen LogP contribution in [0.5, 0.6) is 0 Å². The zero-order chi connectivity index (χ0) is 32.3. The minimum absolute atomic E-state index is 0.520. The van der Waals surface area contributed by atoms with Crippen molar-refractivity contribution in [2.45, 2.75) is 0 Å². The van der Waals surface area contributed by atoms with Gasteiger partial charge in [0.05, 0.1) is 38.5 Å². The highest BCUT2D eigenvalue weighted by molar-refractivity contribution is 6.08. The SMILES string of the molecule is c1ccc2c(c#1)c1ccccc1n2-c1nc(-n2c(-c3ccccc3)nc3ccccc32)cc(-n2c(-c3ccccc3)nc3ccccc32)n1. The fourth-order valence-electron chi connectivity index (χ4n) is 6.82. The summed E-state index contributed by atoms with van der Waals surface area (Å²) in [5, 5.41) is 2.02. The molecule has 0 amide bonds. The zero-order valence-corrected chi connectivity index (χ0v) is 26.1. The second-order valence-corrected chi connectivity index (χ2v) is 11.9. The quantitative estimate of drug-likeness (QED) is 0.191. The van der Waals surface area contributed by atoms with Crippen LogP contribution in [0.25, 0.3) is 84.2 Å². The number of rotatable bonds is 5. The molecule has 0 fully saturated rings. The summed E-state index contributed by atoms with van der Waals surface area (Å²) < 4.78 is 6.38. The molecule has 0 saturated carbocycles. The van der Waals surface area contributed by atoms with Crippen LogP contribution in [0.4, 0.5) is 0 Å². The van der Waals surface area contributed by atoms with E-state index < -0.39 is 0 Å². The van der Waals surface area contributed by atoms with Gasteiger partial charge in [0.15, 0.2) is 0 Å². The van der Waals surface area contributed by atoms with E-state index in [-0.39, 0.29) is 0 Å². The molecule has 0 spiro atoms. The van der Waals surface area contributed by atoms with E-state index in [0.717, 1.165) is 66.6 Å². The topological polar surface area (TPSA) is 66.3 Å². The summed E-state index contributed by atoms with van der Waals surface area (Å²) in [4.78, 5) is 21.0. The van der Waals surface area contributed by atoms with E-state index in [2.05, 4.69) is 74.4 Å². The second-order valence-electron chi connectivity index (χ2n) is 11.9. The van der Waals surface area contributed by atoms with E-state index in [1.54, 1.807) is 0 Å². The third kappa shape index (κ3) is 4.25. The van der Waals surface area contributed by atoms with Crippen LogP contribution >= 0.6 is 0 Å². The number of hydrogen-bond donors (Lipinski definition) is 0. The minimum Gasteiger partial charge on any atom is -0.277 e. The summed E-state index contributed by atoms with van der Waals surface area (Å²) >= 11 is 0. The molecule has 7 heteroatoms. The van der Waals surface area contributed by atoms with E-state index in [1.165, 1.54) is 0 Å². The highest BCUT2D eigenvalue weighted by atomic mass is 15.3. The molecule has 0 N–H and O–H groups in total. The fourth-order valence-corrected chi connectivity index (χ4v) is 6.82. The van der Waals surface area contributed by atoms with Crippen molar-refractivity contribution in [1.29, 1.82) is 0 Å². The van der Waals surface area contributed by atoms with Crippen LogP contribution < -0.4 is 0 Å². The summed E-state index contributed by atoms with van der Waals surface area (Å²) in [6.07, 6.45) is 0. The Morgan fingerprint density at radius 1 is 0.429 bits per heavy atom. The van der Waals surface area contributed by atoms with Gasteiger partial charge in [-0.15, -0.1) is 0 Å². The maximum atomic E-state index is 5.36. The van der Waals surface area contributed by atoms with E-state index >= 15 is 0 Å². The van der Waals surface area contributed by atoms with Gasteiger partial charge in [0.25, 0.3) is 0 Å². The standard InChI is InChI=1S/C42H25N7/c1-3-15-28(16-4-1)40-43-32-21-9-13-25-36(32)48(40)38-27-39(49-37-26-14-10-22-33(37)44-41(49)29-17-5-2-6-18-29)46-42(45-38)47-34-23-11-7-19-30(34)31-20-8-12-24-35(31)47/h1-7,9-19,21-27H. The normalized spacial score (nSPS) is 11.5. The molecule has 0 radical (unpaired) electrons. The Morgan fingerprint density at radius 3 is 1.53 bits per heavy atom. The molecular weight excluding hydrogens is 603 g/mol. The minimum atomic E-state index is 0.520. The lowest BCUT2D eigenvalue weighted by Gasteiger charge is -2.16. The van der Waals surface area contributed by atoms with Crippen LogP contribution in [-0.4, -0.2) is 33.6 Å². The van der Waals surface area contributed by atoms with E-state index in [1.807, 2.05) is 103 Å². The van der Waals surface area contributed by atoms with Crippen LogP contribution in [0, 0.1) is 12.1 Å². The van der Waals surface area contributed by atoms with Crippen molar-refractivity contribution in [3.8, 4) is 40.4 Å². The zero-order valence-electron chi connectivity index (χ0n) is 26.1. The summed E-state index contributed by atoms with van der Waals surface area (Å²) in [5.41, 5.74) is 7.54. The summed E-state index contributed by atoms with van der Waals surface area (Å²) in [6.45, 7) is 0. The number of benzene rings is 5. The van der Waals surface area contributed by atoms with Gasteiger partial charge in [0.2, 0.25) is 5.95 Å². The average Bonchev–Trinajstić information content (AvgIpc) is 3.86. The van der Waals surface area contributed by atoms with Crippen molar-refractivity contribution in [3.05, 3.63) is 164 Å². The molecule has 10 aromatic rings. The van der Waals surface area contributed by atoms with Gasteiger partial charge in [-0.2, -0.15) is 9.97 Å². The van der Waals surface area contributed by atoms with Crippen LogP contribution in [0.3, 0.4) is 0 Å². The van der Waals surface area contributed by atoms with Gasteiger partial charge in [-0.3, -0.25) is 13.7 Å². The maximum Gasteiger partial charge on any atom is 0.238 e. The number of para-hydroxylation sites is 5. The Morgan fingerprint density at radius 2 is 0.939 bits per heavy atom. The monoisotopic (exact) mass is 627 g/mol. The van der Waals surface area contributed by atoms with Gasteiger partial charge >= 0.3 is 0 Å². The fraction of sp³-hybridized carbons (Fsp3) is 0. The first-order valence-electron chi connectivity index (χ1n) is 16.1. The Labute approximate surface area is 281 Å². The molecule has 10 rings (SSSR count). The third-order valence-corrected chi connectivity index (χ3v) is 8.96. The van der Waals surface area contributed by atoms with Crippen molar-refractivity contribution in [3.63, 3.8) is 0 Å². The Hall–Kier alpha value is -7.04. The highest BCUT2D eigenvalue weighted by Gasteiger charge is 2.23. The van der Waals surface area contributed by atoms with Gasteiger partial charge in [-0.05, 0) is 42.5 Å². The maximum absolute atomic E-state index is 5.36. The van der Waals surface area contributed by atoms with Gasteiger partial charge in [-0.1, -0.05) is 115 Å². The summed E-state index contributed by atoms with van der Waals surface area (Å²) in [7, 11) is 0. The van der Waals surface area contributed by atoms with Gasteiger partial charge in [-0.25, -0.2) is 9.97 Å². The molecule has 0 aliphatic carbocycles. The summed E-state index contributed by atoms with van der Waals surface area (Å²) in [6, 6.07) is 57.6. The van der Waals surface area contributed by atoms with E-state index in [0.29, 0.717) is 17.6 Å². The van der Waals surface area contributed by atoms with E-state index in [9.17, 15) is 0 Å². The molecule has 0 unspecified atom stereocenters. The lowest BCUT2D eigenvalue weighted by atomic mass is 10.2. The number of nitrogens with zero attached hydrogens (tertiary/aromatic N) is 7. The first kappa shape index (κ1) is 27.1. The number of fused-ring (bicyclic) bond motifs is 5. The second kappa shape index (κ2) is 10.8. The smallest absolute Gasteiger partial charge is 0.238 e. The Balaban J connectivity index is 1.35. The Kier molecular flexibility index (Phi) is 5.95. The highest BCUT2D eigenvalue weighted by Crippen LogP contribution is 2.34. The van der Waals surface area contributed by atoms with E-state index in [4.69, 9.17) is 19.9 Å². The molecule has 0 atom stereocenters. The van der Waals surface area contributed by atoms with Crippen molar-refractivity contribution in [2.75, 3.05) is 0 Å². The Bertz CT molecular complexity index is 2640. The molecule has 228 valence electrons.